The maximum atomic E-state index is 13.4. The number of hydrogen-bond donors (Lipinski definition) is 2. The number of amides is 1. The summed E-state index contributed by atoms with van der Waals surface area (Å²) in [5, 5.41) is 14.8. The van der Waals surface area contributed by atoms with E-state index in [0.717, 1.165) is 11.1 Å². The number of fused-ring (bicyclic) bond motifs is 1. The van der Waals surface area contributed by atoms with E-state index in [1.807, 2.05) is 24.3 Å². The minimum Gasteiger partial charge on any atom is -0.479 e. The van der Waals surface area contributed by atoms with E-state index in [1.54, 1.807) is 17.5 Å². The van der Waals surface area contributed by atoms with Gasteiger partial charge >= 0.3 is 5.97 Å². The summed E-state index contributed by atoms with van der Waals surface area (Å²) in [6.07, 6.45) is 0.489. The van der Waals surface area contributed by atoms with Gasteiger partial charge in [0.25, 0.3) is 0 Å². The van der Waals surface area contributed by atoms with Gasteiger partial charge in [0.1, 0.15) is 16.4 Å². The van der Waals surface area contributed by atoms with E-state index in [4.69, 9.17) is 0 Å². The molecule has 0 fully saturated rings. The minimum absolute atomic E-state index is 0.0306. The second-order valence-electron chi connectivity index (χ2n) is 6.89. The van der Waals surface area contributed by atoms with Crippen molar-refractivity contribution in [3.05, 3.63) is 76.5 Å². The van der Waals surface area contributed by atoms with Crippen molar-refractivity contribution in [3.8, 4) is 10.6 Å². The van der Waals surface area contributed by atoms with Gasteiger partial charge in [0.05, 0.1) is 12.1 Å². The Morgan fingerprint density at radius 1 is 1.14 bits per heavy atom. The van der Waals surface area contributed by atoms with Crippen LogP contribution in [-0.2, 0) is 28.9 Å². The highest BCUT2D eigenvalue weighted by molar-refractivity contribution is 7.13. The largest absolute Gasteiger partial charge is 0.479 e. The Labute approximate surface area is 164 Å². The maximum absolute atomic E-state index is 13.4. The van der Waals surface area contributed by atoms with Crippen LogP contribution in [0.1, 0.15) is 16.8 Å². The third-order valence-corrected chi connectivity index (χ3v) is 5.80. The molecular formula is C21H17FN2O3S. The molecule has 1 aliphatic carbocycles. The molecule has 4 rings (SSSR count). The summed E-state index contributed by atoms with van der Waals surface area (Å²) in [5.41, 5.74) is 1.71. The van der Waals surface area contributed by atoms with Crippen LogP contribution >= 0.6 is 11.3 Å². The first-order valence-electron chi connectivity index (χ1n) is 8.77. The van der Waals surface area contributed by atoms with Crippen molar-refractivity contribution in [2.24, 2.45) is 0 Å². The lowest BCUT2D eigenvalue weighted by Gasteiger charge is -2.25. The van der Waals surface area contributed by atoms with Crippen molar-refractivity contribution in [3.63, 3.8) is 0 Å². The van der Waals surface area contributed by atoms with E-state index >= 15 is 0 Å². The molecule has 1 aliphatic rings. The number of aliphatic carboxylic acids is 1. The molecule has 2 N–H and O–H groups in total. The molecule has 0 bridgehead atoms. The first-order chi connectivity index (χ1) is 13.4. The average Bonchev–Trinajstić information content (AvgIpc) is 3.26. The highest BCUT2D eigenvalue weighted by Crippen LogP contribution is 2.31. The molecule has 7 heteroatoms. The summed E-state index contributed by atoms with van der Waals surface area (Å²) in [6.45, 7) is 0. The number of rotatable bonds is 5. The number of halogens is 1. The van der Waals surface area contributed by atoms with Gasteiger partial charge in [-0.3, -0.25) is 4.79 Å². The zero-order valence-electron chi connectivity index (χ0n) is 14.8. The highest BCUT2D eigenvalue weighted by Gasteiger charge is 2.45. The van der Waals surface area contributed by atoms with Gasteiger partial charge < -0.3 is 10.4 Å². The van der Waals surface area contributed by atoms with E-state index in [1.165, 1.54) is 23.5 Å². The van der Waals surface area contributed by atoms with Gasteiger partial charge in [-0.25, -0.2) is 14.2 Å². The van der Waals surface area contributed by atoms with Crippen LogP contribution in [0, 0.1) is 5.82 Å². The molecule has 28 heavy (non-hydrogen) atoms. The van der Waals surface area contributed by atoms with Gasteiger partial charge in [0, 0.05) is 23.8 Å². The first kappa shape index (κ1) is 18.3. The molecule has 3 aromatic rings. The van der Waals surface area contributed by atoms with Crippen LogP contribution in [-0.4, -0.2) is 27.5 Å². The predicted molar refractivity (Wildman–Crippen MR) is 104 cm³/mol. The fraction of sp³-hybridized carbons (Fsp3) is 0.190. The van der Waals surface area contributed by atoms with Crippen LogP contribution in [0.3, 0.4) is 0 Å². The Morgan fingerprint density at radius 2 is 1.86 bits per heavy atom. The Kier molecular flexibility index (Phi) is 4.68. The predicted octanol–water partition coefficient (Wildman–Crippen LogP) is 3.23. The average molecular weight is 396 g/mol. The Balaban J connectivity index is 1.48. The number of carboxylic acids is 1. The lowest BCUT2D eigenvalue weighted by atomic mass is 9.95. The highest BCUT2D eigenvalue weighted by atomic mass is 32.1. The second kappa shape index (κ2) is 7.16. The van der Waals surface area contributed by atoms with Gasteiger partial charge in [0.2, 0.25) is 5.91 Å². The van der Waals surface area contributed by atoms with Crippen LogP contribution in [0.5, 0.6) is 0 Å². The molecule has 0 spiro atoms. The number of aromatic nitrogens is 1. The summed E-state index contributed by atoms with van der Waals surface area (Å²) < 4.78 is 13.4. The number of carboxylic acid groups (broad SMARTS) is 1. The van der Waals surface area contributed by atoms with E-state index in [-0.39, 0.29) is 25.1 Å². The number of carbonyl (C=O) groups is 2. The number of carbonyl (C=O) groups excluding carboxylic acids is 1. The molecule has 0 radical (unpaired) electrons. The van der Waals surface area contributed by atoms with E-state index < -0.39 is 17.4 Å². The minimum atomic E-state index is -1.33. The molecule has 1 heterocycles. The molecule has 5 nitrogen and oxygen atoms in total. The molecule has 2 aromatic carbocycles. The van der Waals surface area contributed by atoms with Gasteiger partial charge in [-0.1, -0.05) is 36.4 Å². The number of nitrogens with one attached hydrogen (secondary N) is 1. The second-order valence-corrected chi connectivity index (χ2v) is 7.75. The number of thiazole rings is 1. The lowest BCUT2D eigenvalue weighted by Crippen LogP contribution is -2.55. The monoisotopic (exact) mass is 396 g/mol. The molecule has 0 atom stereocenters. The van der Waals surface area contributed by atoms with Crippen LogP contribution in [0.2, 0.25) is 0 Å². The van der Waals surface area contributed by atoms with E-state index in [9.17, 15) is 19.1 Å². The number of benzene rings is 2. The maximum Gasteiger partial charge on any atom is 0.330 e. The molecule has 0 saturated carbocycles. The Bertz CT molecular complexity index is 1040. The van der Waals surface area contributed by atoms with Gasteiger partial charge in [-0.05, 0) is 23.3 Å². The van der Waals surface area contributed by atoms with Crippen molar-refractivity contribution >= 4 is 23.2 Å². The van der Waals surface area contributed by atoms with Gasteiger partial charge in [-0.15, -0.1) is 11.3 Å². The molecule has 0 saturated heterocycles. The SMILES string of the molecule is O=C(Cc1csc(-c2cccc(F)c2)n1)NC1(C(=O)O)Cc2ccccc2C1. The van der Waals surface area contributed by atoms with Crippen molar-refractivity contribution in [1.29, 1.82) is 0 Å². The lowest BCUT2D eigenvalue weighted by molar-refractivity contribution is -0.147. The molecule has 142 valence electrons. The van der Waals surface area contributed by atoms with Crippen molar-refractivity contribution in [1.82, 2.24) is 10.3 Å². The quantitative estimate of drug-likeness (QED) is 0.694. The third kappa shape index (κ3) is 3.53. The normalized spacial score (nSPS) is 14.5. The fourth-order valence-electron chi connectivity index (χ4n) is 3.53. The smallest absolute Gasteiger partial charge is 0.330 e. The van der Waals surface area contributed by atoms with E-state index in [2.05, 4.69) is 10.3 Å². The van der Waals surface area contributed by atoms with Crippen molar-refractivity contribution in [2.75, 3.05) is 0 Å². The third-order valence-electron chi connectivity index (χ3n) is 4.86. The zero-order valence-corrected chi connectivity index (χ0v) is 15.6. The molecule has 1 amide bonds. The topological polar surface area (TPSA) is 79.3 Å². The Hall–Kier alpha value is -3.06. The Morgan fingerprint density at radius 3 is 2.50 bits per heavy atom. The van der Waals surface area contributed by atoms with Gasteiger partial charge in [0.15, 0.2) is 0 Å². The summed E-state index contributed by atoms with van der Waals surface area (Å²) in [5.74, 6) is -1.79. The number of nitrogens with zero attached hydrogens (tertiary/aromatic N) is 1. The standard InChI is InChI=1S/C21H17FN2O3S/c22-16-7-3-6-13(8-16)19-23-17(12-28-19)9-18(25)24-21(20(26)27)10-14-4-1-2-5-15(14)11-21/h1-8,12H,9-11H2,(H,24,25)(H,26,27). The summed E-state index contributed by atoms with van der Waals surface area (Å²) in [7, 11) is 0. The van der Waals surface area contributed by atoms with Crippen LogP contribution in [0.15, 0.2) is 53.9 Å². The molecule has 1 aromatic heterocycles. The first-order valence-corrected chi connectivity index (χ1v) is 9.65. The fourth-order valence-corrected chi connectivity index (χ4v) is 4.34. The zero-order chi connectivity index (χ0) is 19.7. The summed E-state index contributed by atoms with van der Waals surface area (Å²) >= 11 is 1.32. The summed E-state index contributed by atoms with van der Waals surface area (Å²) in [6, 6.07) is 13.6. The van der Waals surface area contributed by atoms with E-state index in [0.29, 0.717) is 16.3 Å². The summed E-state index contributed by atoms with van der Waals surface area (Å²) in [4.78, 5) is 28.9. The molecule has 0 unspecified atom stereocenters. The molecular weight excluding hydrogens is 379 g/mol. The van der Waals surface area contributed by atoms with Crippen molar-refractivity contribution < 1.29 is 19.1 Å². The molecule has 0 aliphatic heterocycles. The van der Waals surface area contributed by atoms with Crippen LogP contribution in [0.25, 0.3) is 10.6 Å². The van der Waals surface area contributed by atoms with Crippen LogP contribution < -0.4 is 5.32 Å². The van der Waals surface area contributed by atoms with Gasteiger partial charge in [-0.2, -0.15) is 0 Å². The van der Waals surface area contributed by atoms with Crippen LogP contribution in [0.4, 0.5) is 4.39 Å². The van der Waals surface area contributed by atoms with Crippen molar-refractivity contribution in [2.45, 2.75) is 24.8 Å². The number of hydrogen-bond acceptors (Lipinski definition) is 4.